The van der Waals surface area contributed by atoms with E-state index in [0.29, 0.717) is 6.04 Å². The molecule has 20 heavy (non-hydrogen) atoms. The quantitative estimate of drug-likeness (QED) is 0.878. The molecule has 0 unspecified atom stereocenters. The van der Waals surface area contributed by atoms with Gasteiger partial charge < -0.3 is 5.11 Å². The van der Waals surface area contributed by atoms with Crippen LogP contribution < -0.4 is 0 Å². The summed E-state index contributed by atoms with van der Waals surface area (Å²) in [6.07, 6.45) is 5.46. The Bertz CT molecular complexity index is 419. The Labute approximate surface area is 151 Å². The molecule has 0 aliphatic carbocycles. The third-order valence-electron chi connectivity index (χ3n) is 4.03. The number of benzene rings is 1. The molecule has 1 aromatic carbocycles. The minimum Gasteiger partial charge on any atom is -0.480 e. The average Bonchev–Trinajstić information content (AvgIpc) is 2.83. The summed E-state index contributed by atoms with van der Waals surface area (Å²) in [5.74, 6) is -0.709. The fourth-order valence-electron chi connectivity index (χ4n) is 2.88. The fourth-order valence-corrected chi connectivity index (χ4v) is 2.88. The van der Waals surface area contributed by atoms with Crippen LogP contribution in [0.25, 0.3) is 0 Å². The number of carboxylic acid groups (broad SMARTS) is 1. The molecule has 0 aromatic heterocycles. The Hall–Kier alpha value is -0.0903. The Balaban J connectivity index is 0.00000200. The maximum Gasteiger partial charge on any atom is 0.317 e. The van der Waals surface area contributed by atoms with E-state index in [9.17, 15) is 4.79 Å². The predicted octanol–water partition coefficient (Wildman–Crippen LogP) is 2.73. The van der Waals surface area contributed by atoms with Gasteiger partial charge in [-0.05, 0) is 49.8 Å². The van der Waals surface area contributed by atoms with Gasteiger partial charge in [-0.2, -0.15) is 0 Å². The van der Waals surface area contributed by atoms with Crippen molar-refractivity contribution in [1.82, 2.24) is 4.90 Å². The fraction of sp³-hybridized carbons (Fsp3) is 0.562. The van der Waals surface area contributed by atoms with E-state index in [1.165, 1.54) is 11.1 Å². The normalized spacial score (nSPS) is 18.8. The van der Waals surface area contributed by atoms with E-state index in [4.69, 9.17) is 5.11 Å². The van der Waals surface area contributed by atoms with Crippen molar-refractivity contribution in [2.45, 2.75) is 45.1 Å². The second-order valence-electron chi connectivity index (χ2n) is 5.37. The summed E-state index contributed by atoms with van der Waals surface area (Å²) in [6, 6.07) is 9.24. The number of nitrogens with zero attached hydrogens (tertiary/aromatic N) is 1. The van der Waals surface area contributed by atoms with Crippen LogP contribution in [0.15, 0.2) is 24.3 Å². The molecule has 1 aliphatic rings. The van der Waals surface area contributed by atoms with E-state index in [2.05, 4.69) is 36.1 Å². The van der Waals surface area contributed by atoms with Gasteiger partial charge in [0.25, 0.3) is 0 Å². The summed E-state index contributed by atoms with van der Waals surface area (Å²) in [4.78, 5) is 12.9. The zero-order chi connectivity index (χ0) is 13.7. The first kappa shape index (κ1) is 18.0. The van der Waals surface area contributed by atoms with Crippen molar-refractivity contribution < 1.29 is 47.6 Å². The molecule has 1 saturated heterocycles. The van der Waals surface area contributed by atoms with Gasteiger partial charge in [0.15, 0.2) is 0 Å². The summed E-state index contributed by atoms with van der Waals surface area (Å²) in [6.45, 7) is 3.29. The summed E-state index contributed by atoms with van der Waals surface area (Å²) < 4.78 is 0. The van der Waals surface area contributed by atoms with E-state index < -0.39 is 5.97 Å². The molecule has 0 spiro atoms. The molecule has 2 rings (SSSR count). The molecule has 1 atom stereocenters. The van der Waals surface area contributed by atoms with E-state index >= 15 is 0 Å². The topological polar surface area (TPSA) is 40.5 Å². The largest absolute Gasteiger partial charge is 0.480 e. The summed E-state index contributed by atoms with van der Waals surface area (Å²) >= 11 is 0. The van der Waals surface area contributed by atoms with Crippen molar-refractivity contribution in [3.63, 3.8) is 0 Å². The van der Waals surface area contributed by atoms with Crippen molar-refractivity contribution in [2.75, 3.05) is 13.1 Å². The molecule has 112 valence electrons. The monoisotopic (exact) mass is 301 g/mol. The van der Waals surface area contributed by atoms with E-state index in [1.54, 1.807) is 0 Å². The maximum absolute atomic E-state index is 10.8. The Kier molecular flexibility index (Phi) is 8.11. The maximum atomic E-state index is 10.8. The van der Waals surface area contributed by atoms with Crippen LogP contribution >= 0.6 is 0 Å². The second-order valence-corrected chi connectivity index (χ2v) is 5.37. The number of carboxylic acids is 1. The van der Waals surface area contributed by atoms with Crippen LogP contribution in [0.4, 0.5) is 0 Å². The van der Waals surface area contributed by atoms with Crippen molar-refractivity contribution >= 4 is 5.97 Å². The molecule has 1 aliphatic heterocycles. The van der Waals surface area contributed by atoms with Crippen LogP contribution in [0.1, 0.15) is 37.3 Å². The number of aliphatic carboxylic acids is 1. The van der Waals surface area contributed by atoms with Gasteiger partial charge in [-0.3, -0.25) is 9.69 Å². The summed E-state index contributed by atoms with van der Waals surface area (Å²) in [7, 11) is 0. The minimum atomic E-state index is -0.709. The first-order valence-electron chi connectivity index (χ1n) is 7.22. The first-order chi connectivity index (χ1) is 9.19. The van der Waals surface area contributed by atoms with Crippen molar-refractivity contribution in [3.05, 3.63) is 35.4 Å². The zero-order valence-electron chi connectivity index (χ0n) is 12.0. The third kappa shape index (κ3) is 5.36. The number of carbonyl (C=O) groups is 1. The molecule has 0 amide bonds. The number of hydrogen-bond acceptors (Lipinski definition) is 2. The smallest absolute Gasteiger partial charge is 0.317 e. The van der Waals surface area contributed by atoms with Gasteiger partial charge in [-0.25, -0.2) is 0 Å². The van der Waals surface area contributed by atoms with Gasteiger partial charge >= 0.3 is 5.97 Å². The first-order valence-corrected chi connectivity index (χ1v) is 7.22. The molecule has 1 aromatic rings. The van der Waals surface area contributed by atoms with Crippen molar-refractivity contribution in [2.24, 2.45) is 0 Å². The standard InChI is InChI=1S/C16H23NO2.Ar/c1-2-13-5-7-14(8-6-13)9-10-15-4-3-11-17(15)12-16(18)19;/h5-8,15H,2-4,9-12H2,1H3,(H,18,19);/t15-;/m0./s1. The average molecular weight is 301 g/mol. The van der Waals surface area contributed by atoms with Gasteiger partial charge in [-0.1, -0.05) is 31.2 Å². The van der Waals surface area contributed by atoms with Gasteiger partial charge in [0, 0.05) is 43.8 Å². The number of aryl methyl sites for hydroxylation is 2. The van der Waals surface area contributed by atoms with Crippen LogP contribution in [0.3, 0.4) is 0 Å². The number of likely N-dealkylation sites (tertiary alicyclic amines) is 1. The van der Waals surface area contributed by atoms with Gasteiger partial charge in [0.1, 0.15) is 0 Å². The second kappa shape index (κ2) is 9.04. The minimum absolute atomic E-state index is 0. The van der Waals surface area contributed by atoms with Crippen LogP contribution in [0, 0.1) is 37.7 Å². The molecule has 1 fully saturated rings. The molecule has 1 heterocycles. The predicted molar refractivity (Wildman–Crippen MR) is 76.4 cm³/mol. The third-order valence-corrected chi connectivity index (χ3v) is 4.03. The molecule has 0 saturated carbocycles. The molecule has 1 N–H and O–H groups in total. The number of hydrogen-bond donors (Lipinski definition) is 1. The van der Waals surface area contributed by atoms with Gasteiger partial charge in [0.2, 0.25) is 0 Å². The van der Waals surface area contributed by atoms with Gasteiger partial charge in [-0.15, -0.1) is 0 Å². The Morgan fingerprint density at radius 3 is 2.55 bits per heavy atom. The SMILES string of the molecule is CCc1ccc(CC[C@@H]2CCCN2CC(=O)O)cc1.[Ar]. The molecule has 0 radical (unpaired) electrons. The van der Waals surface area contributed by atoms with Crippen molar-refractivity contribution in [1.29, 1.82) is 0 Å². The summed E-state index contributed by atoms with van der Waals surface area (Å²) in [5, 5.41) is 8.89. The van der Waals surface area contributed by atoms with Crippen molar-refractivity contribution in [3.8, 4) is 0 Å². The van der Waals surface area contributed by atoms with Gasteiger partial charge in [0.05, 0.1) is 6.54 Å². The molecular weight excluding hydrogens is 278 g/mol. The Morgan fingerprint density at radius 2 is 1.95 bits per heavy atom. The van der Waals surface area contributed by atoms with Crippen LogP contribution in [0.5, 0.6) is 0 Å². The number of rotatable bonds is 6. The van der Waals surface area contributed by atoms with E-state index in [0.717, 1.165) is 38.6 Å². The van der Waals surface area contributed by atoms with Crippen LogP contribution in [0.2, 0.25) is 0 Å². The molecule has 4 heteroatoms. The van der Waals surface area contributed by atoms with E-state index in [-0.39, 0.29) is 44.3 Å². The van der Waals surface area contributed by atoms with E-state index in [1.807, 2.05) is 0 Å². The zero-order valence-corrected chi connectivity index (χ0v) is 12.7. The Morgan fingerprint density at radius 1 is 1.30 bits per heavy atom. The molecular formula is C16H23ArNO2. The van der Waals surface area contributed by atoms with Crippen LogP contribution in [-0.4, -0.2) is 35.1 Å². The molecule has 0 bridgehead atoms. The molecule has 3 nitrogen and oxygen atoms in total. The summed E-state index contributed by atoms with van der Waals surface area (Å²) in [5.41, 5.74) is 2.73. The van der Waals surface area contributed by atoms with Crippen LogP contribution in [-0.2, 0) is 17.6 Å².